The number of aromatic nitrogens is 2. The van der Waals surface area contributed by atoms with E-state index in [-0.39, 0.29) is 4.90 Å². The minimum absolute atomic E-state index is 0.225. The number of sulfonamides is 1. The molecule has 8 nitrogen and oxygen atoms in total. The summed E-state index contributed by atoms with van der Waals surface area (Å²) in [5.74, 6) is 2.88. The van der Waals surface area contributed by atoms with Crippen molar-refractivity contribution in [2.24, 2.45) is 0 Å². The van der Waals surface area contributed by atoms with Gasteiger partial charge in [0.05, 0.1) is 12.0 Å². The zero-order chi connectivity index (χ0) is 24.2. The van der Waals surface area contributed by atoms with Crippen LogP contribution in [0.2, 0.25) is 0 Å². The van der Waals surface area contributed by atoms with Crippen LogP contribution in [0.1, 0.15) is 30.8 Å². The molecule has 0 aliphatic rings. The van der Waals surface area contributed by atoms with Gasteiger partial charge in [-0.05, 0) is 82.1 Å². The van der Waals surface area contributed by atoms with Crippen LogP contribution in [0.5, 0.6) is 5.75 Å². The molecule has 0 fully saturated rings. The fourth-order valence-electron chi connectivity index (χ4n) is 3.58. The maximum atomic E-state index is 13.0. The molecule has 0 aliphatic heterocycles. The predicted octanol–water partition coefficient (Wildman–Crippen LogP) is 4.80. The van der Waals surface area contributed by atoms with E-state index in [9.17, 15) is 8.42 Å². The largest absolute Gasteiger partial charge is 0.496 e. The number of nitrogens with zero attached hydrogens (tertiary/aromatic N) is 3. The molecule has 0 bridgehead atoms. The molecule has 0 atom stereocenters. The number of anilines is 4. The van der Waals surface area contributed by atoms with Crippen LogP contribution in [-0.2, 0) is 10.0 Å². The third kappa shape index (κ3) is 5.73. The topological polar surface area (TPSA) is 96.5 Å². The van der Waals surface area contributed by atoms with Crippen LogP contribution in [0, 0.1) is 20.8 Å². The van der Waals surface area contributed by atoms with Gasteiger partial charge >= 0.3 is 0 Å². The number of methoxy groups -OCH3 is 1. The highest BCUT2D eigenvalue weighted by Crippen LogP contribution is 2.28. The Morgan fingerprint density at radius 3 is 2.15 bits per heavy atom. The summed E-state index contributed by atoms with van der Waals surface area (Å²) in [4.78, 5) is 11.4. The van der Waals surface area contributed by atoms with Gasteiger partial charge in [-0.1, -0.05) is 0 Å². The molecule has 0 radical (unpaired) electrons. The van der Waals surface area contributed by atoms with E-state index in [1.54, 1.807) is 50.4 Å². The molecule has 0 amide bonds. The average molecular weight is 470 g/mol. The minimum Gasteiger partial charge on any atom is -0.496 e. The van der Waals surface area contributed by atoms with E-state index in [0.717, 1.165) is 30.2 Å². The molecular weight excluding hydrogens is 438 g/mol. The molecular formula is C24H31N5O3S. The minimum atomic E-state index is -3.74. The van der Waals surface area contributed by atoms with Crippen LogP contribution in [0.25, 0.3) is 0 Å². The number of aryl methyl sites for hydroxylation is 3. The molecule has 0 aliphatic carbocycles. The van der Waals surface area contributed by atoms with Crippen molar-refractivity contribution >= 4 is 33.0 Å². The average Bonchev–Trinajstić information content (AvgIpc) is 2.76. The molecule has 2 aromatic carbocycles. The lowest BCUT2D eigenvalue weighted by Gasteiger charge is -2.20. The third-order valence-electron chi connectivity index (χ3n) is 5.30. The smallest absolute Gasteiger partial charge is 0.262 e. The summed E-state index contributed by atoms with van der Waals surface area (Å²) in [6, 6.07) is 12.3. The Bertz CT molecular complexity index is 1220. The molecule has 0 unspecified atom stereocenters. The first-order chi connectivity index (χ1) is 15.7. The van der Waals surface area contributed by atoms with Gasteiger partial charge in [0.1, 0.15) is 23.2 Å². The van der Waals surface area contributed by atoms with E-state index in [1.165, 1.54) is 0 Å². The first-order valence-electron chi connectivity index (χ1n) is 10.8. The van der Waals surface area contributed by atoms with Crippen molar-refractivity contribution in [3.8, 4) is 5.75 Å². The van der Waals surface area contributed by atoms with Crippen LogP contribution < -0.4 is 19.7 Å². The van der Waals surface area contributed by atoms with Gasteiger partial charge in [-0.25, -0.2) is 18.4 Å². The molecule has 1 aromatic heterocycles. The van der Waals surface area contributed by atoms with Crippen LogP contribution in [0.15, 0.2) is 47.4 Å². The summed E-state index contributed by atoms with van der Waals surface area (Å²) in [6.07, 6.45) is 0. The Hall–Kier alpha value is -3.33. The van der Waals surface area contributed by atoms with E-state index >= 15 is 0 Å². The van der Waals surface area contributed by atoms with E-state index in [1.807, 2.05) is 19.9 Å². The van der Waals surface area contributed by atoms with Gasteiger partial charge in [0.25, 0.3) is 10.0 Å². The lowest BCUT2D eigenvalue weighted by molar-refractivity contribution is 0.411. The molecule has 3 rings (SSSR count). The number of rotatable bonds is 9. The normalized spacial score (nSPS) is 11.2. The highest BCUT2D eigenvalue weighted by Gasteiger charge is 2.19. The monoisotopic (exact) mass is 469 g/mol. The van der Waals surface area contributed by atoms with Gasteiger partial charge in [-0.15, -0.1) is 0 Å². The van der Waals surface area contributed by atoms with Crippen molar-refractivity contribution in [1.29, 1.82) is 0 Å². The zero-order valence-electron chi connectivity index (χ0n) is 19.9. The molecule has 0 saturated carbocycles. The van der Waals surface area contributed by atoms with Crippen molar-refractivity contribution in [3.05, 3.63) is 59.4 Å². The number of benzene rings is 2. The number of hydrogen-bond acceptors (Lipinski definition) is 7. The lowest BCUT2D eigenvalue weighted by Crippen LogP contribution is -2.23. The van der Waals surface area contributed by atoms with Gasteiger partial charge in [-0.3, -0.25) is 4.72 Å². The van der Waals surface area contributed by atoms with Crippen LogP contribution in [0.4, 0.5) is 23.0 Å². The van der Waals surface area contributed by atoms with Crippen molar-refractivity contribution in [3.63, 3.8) is 0 Å². The van der Waals surface area contributed by atoms with Gasteiger partial charge in [0.15, 0.2) is 0 Å². The number of hydrogen-bond donors (Lipinski definition) is 2. The standard InChI is InChI=1S/C24H31N5O3S/c1-7-29(8-2)24-15-23(25-18(5)26-24)27-19-9-11-20(12-10-19)28-33(30,31)22-14-16(3)21(32-6)13-17(22)4/h9-15,28H,7-8H2,1-6H3,(H,25,26,27). The molecule has 33 heavy (non-hydrogen) atoms. The van der Waals surface area contributed by atoms with Gasteiger partial charge < -0.3 is 15.0 Å². The zero-order valence-corrected chi connectivity index (χ0v) is 20.7. The molecule has 9 heteroatoms. The summed E-state index contributed by atoms with van der Waals surface area (Å²) in [5.41, 5.74) is 2.63. The van der Waals surface area contributed by atoms with Crippen molar-refractivity contribution in [1.82, 2.24) is 9.97 Å². The summed E-state index contributed by atoms with van der Waals surface area (Å²) < 4.78 is 33.8. The number of nitrogens with one attached hydrogen (secondary N) is 2. The summed E-state index contributed by atoms with van der Waals surface area (Å²) in [5, 5.41) is 3.27. The van der Waals surface area contributed by atoms with E-state index in [2.05, 4.69) is 38.8 Å². The maximum Gasteiger partial charge on any atom is 0.262 e. The quantitative estimate of drug-likeness (QED) is 0.465. The highest BCUT2D eigenvalue weighted by molar-refractivity contribution is 7.92. The van der Waals surface area contributed by atoms with Crippen LogP contribution in [0.3, 0.4) is 0 Å². The van der Waals surface area contributed by atoms with E-state index in [4.69, 9.17) is 4.74 Å². The Morgan fingerprint density at radius 2 is 1.55 bits per heavy atom. The Kier molecular flexibility index (Phi) is 7.43. The Labute approximate surface area is 196 Å². The van der Waals surface area contributed by atoms with E-state index < -0.39 is 10.0 Å². The molecule has 0 spiro atoms. The summed E-state index contributed by atoms with van der Waals surface area (Å²) in [6.45, 7) is 11.3. The van der Waals surface area contributed by atoms with Gasteiger partial charge in [-0.2, -0.15) is 0 Å². The predicted molar refractivity (Wildman–Crippen MR) is 133 cm³/mol. The van der Waals surface area contributed by atoms with Crippen molar-refractivity contribution < 1.29 is 13.2 Å². The van der Waals surface area contributed by atoms with Crippen molar-refractivity contribution in [2.45, 2.75) is 39.5 Å². The fraction of sp³-hybridized carbons (Fsp3) is 0.333. The van der Waals surface area contributed by atoms with Crippen LogP contribution in [-0.4, -0.2) is 38.6 Å². The summed E-state index contributed by atoms with van der Waals surface area (Å²) >= 11 is 0. The molecule has 3 aromatic rings. The fourth-order valence-corrected chi connectivity index (χ4v) is 4.95. The van der Waals surface area contributed by atoms with Crippen LogP contribution >= 0.6 is 0 Å². The Morgan fingerprint density at radius 1 is 0.909 bits per heavy atom. The van der Waals surface area contributed by atoms with Gasteiger partial charge in [0, 0.05) is 30.5 Å². The second-order valence-corrected chi connectivity index (χ2v) is 9.38. The third-order valence-corrected chi connectivity index (χ3v) is 6.83. The second kappa shape index (κ2) is 10.1. The first kappa shape index (κ1) is 24.3. The van der Waals surface area contributed by atoms with Gasteiger partial charge in [0.2, 0.25) is 0 Å². The molecule has 1 heterocycles. The van der Waals surface area contributed by atoms with E-state index in [0.29, 0.717) is 28.6 Å². The highest BCUT2D eigenvalue weighted by atomic mass is 32.2. The molecule has 176 valence electrons. The molecule has 2 N–H and O–H groups in total. The van der Waals surface area contributed by atoms with Crippen molar-refractivity contribution in [2.75, 3.05) is 35.1 Å². The maximum absolute atomic E-state index is 13.0. The second-order valence-electron chi connectivity index (χ2n) is 7.73. The Balaban J connectivity index is 1.78. The number of ether oxygens (including phenoxy) is 1. The first-order valence-corrected chi connectivity index (χ1v) is 12.3. The lowest BCUT2D eigenvalue weighted by atomic mass is 10.1. The molecule has 0 saturated heterocycles. The SMILES string of the molecule is CCN(CC)c1cc(Nc2ccc(NS(=O)(=O)c3cc(C)c(OC)cc3C)cc2)nc(C)n1. The summed E-state index contributed by atoms with van der Waals surface area (Å²) in [7, 11) is -2.18.